The van der Waals surface area contributed by atoms with E-state index in [0.717, 1.165) is 12.8 Å². The van der Waals surface area contributed by atoms with Gasteiger partial charge in [0.15, 0.2) is 11.9 Å². The summed E-state index contributed by atoms with van der Waals surface area (Å²) in [6, 6.07) is 5.09. The van der Waals surface area contributed by atoms with Gasteiger partial charge in [-0.1, -0.05) is 13.8 Å². The van der Waals surface area contributed by atoms with Gasteiger partial charge in [-0.25, -0.2) is 0 Å². The Bertz CT molecular complexity index is 671. The predicted octanol–water partition coefficient (Wildman–Crippen LogP) is 2.70. The molecule has 0 radical (unpaired) electrons. The zero-order valence-electron chi connectivity index (χ0n) is 15.3. The smallest absolute Gasteiger partial charge is 0.268 e. The van der Waals surface area contributed by atoms with Crippen LogP contribution in [0, 0.1) is 0 Å². The van der Waals surface area contributed by atoms with Crippen LogP contribution in [0.1, 0.15) is 57.3 Å². The van der Waals surface area contributed by atoms with Crippen LogP contribution in [-0.4, -0.2) is 36.3 Å². The minimum atomic E-state index is -0.666. The van der Waals surface area contributed by atoms with Crippen molar-refractivity contribution < 1.29 is 19.1 Å². The number of rotatable bonds is 7. The molecule has 6 nitrogen and oxygen atoms in total. The lowest BCUT2D eigenvalue weighted by Gasteiger charge is -2.33. The van der Waals surface area contributed by atoms with Crippen LogP contribution in [0.25, 0.3) is 0 Å². The number of ketones is 1. The number of benzene rings is 1. The summed E-state index contributed by atoms with van der Waals surface area (Å²) in [5.41, 5.74) is 1.00. The quantitative estimate of drug-likeness (QED) is 0.770. The van der Waals surface area contributed by atoms with Crippen LogP contribution in [0.2, 0.25) is 0 Å². The standard InChI is InChI=1S/C19H26N2O4/c1-5-7-16(22)14-8-9-17-15(10-14)21(19(24)13(4)25-17)11-18(23)20-12(3)6-2/h8-10,12-13H,5-7,11H2,1-4H3,(H,20,23). The number of ether oxygens (including phenoxy) is 1. The predicted molar refractivity (Wildman–Crippen MR) is 96.0 cm³/mol. The van der Waals surface area contributed by atoms with Gasteiger partial charge >= 0.3 is 0 Å². The molecule has 2 atom stereocenters. The van der Waals surface area contributed by atoms with Crippen LogP contribution in [-0.2, 0) is 9.59 Å². The molecule has 0 aliphatic carbocycles. The summed E-state index contributed by atoms with van der Waals surface area (Å²) < 4.78 is 5.62. The number of carbonyl (C=O) groups is 3. The van der Waals surface area contributed by atoms with Gasteiger partial charge in [-0.15, -0.1) is 0 Å². The van der Waals surface area contributed by atoms with E-state index >= 15 is 0 Å². The monoisotopic (exact) mass is 346 g/mol. The number of nitrogens with one attached hydrogen (secondary N) is 1. The lowest BCUT2D eigenvalue weighted by Crippen LogP contribution is -2.49. The van der Waals surface area contributed by atoms with Gasteiger partial charge in [0, 0.05) is 18.0 Å². The molecule has 1 aromatic carbocycles. The molecule has 0 saturated heterocycles. The van der Waals surface area contributed by atoms with Gasteiger partial charge in [0.25, 0.3) is 5.91 Å². The maximum Gasteiger partial charge on any atom is 0.268 e. The second-order valence-corrected chi connectivity index (χ2v) is 6.42. The van der Waals surface area contributed by atoms with Crippen LogP contribution in [0.15, 0.2) is 18.2 Å². The highest BCUT2D eigenvalue weighted by atomic mass is 16.5. The molecule has 2 rings (SSSR count). The molecule has 1 aromatic rings. The van der Waals surface area contributed by atoms with E-state index in [9.17, 15) is 14.4 Å². The van der Waals surface area contributed by atoms with Crippen LogP contribution in [0.5, 0.6) is 5.75 Å². The lowest BCUT2D eigenvalue weighted by molar-refractivity contribution is -0.128. The number of Topliss-reactive ketones (excluding diaryl/α,β-unsaturated/α-hetero) is 1. The third-order valence-electron chi connectivity index (χ3n) is 4.29. The van der Waals surface area contributed by atoms with E-state index in [4.69, 9.17) is 4.74 Å². The SMILES string of the molecule is CCCC(=O)c1ccc2c(c1)N(CC(=O)NC(C)CC)C(=O)C(C)O2. The molecule has 0 fully saturated rings. The fourth-order valence-corrected chi connectivity index (χ4v) is 2.68. The molecule has 0 spiro atoms. The number of hydrogen-bond donors (Lipinski definition) is 1. The Kier molecular flexibility index (Phi) is 6.17. The lowest BCUT2D eigenvalue weighted by atomic mass is 10.0. The van der Waals surface area contributed by atoms with Gasteiger partial charge in [0.1, 0.15) is 12.3 Å². The Morgan fingerprint density at radius 3 is 2.68 bits per heavy atom. The number of nitrogens with zero attached hydrogens (tertiary/aromatic N) is 1. The Morgan fingerprint density at radius 1 is 1.32 bits per heavy atom. The number of fused-ring (bicyclic) bond motifs is 1. The molecule has 0 bridgehead atoms. The first kappa shape index (κ1) is 19.0. The molecule has 1 aliphatic rings. The Morgan fingerprint density at radius 2 is 2.04 bits per heavy atom. The topological polar surface area (TPSA) is 75.7 Å². The first-order chi connectivity index (χ1) is 11.9. The van der Waals surface area contributed by atoms with Gasteiger partial charge in [0.05, 0.1) is 5.69 Å². The highest BCUT2D eigenvalue weighted by molar-refractivity contribution is 6.05. The highest BCUT2D eigenvalue weighted by Crippen LogP contribution is 2.35. The molecule has 2 amide bonds. The second kappa shape index (κ2) is 8.14. The number of anilines is 1. The molecule has 2 unspecified atom stereocenters. The van der Waals surface area contributed by atoms with Crippen molar-refractivity contribution in [3.63, 3.8) is 0 Å². The van der Waals surface area contributed by atoms with E-state index in [1.165, 1.54) is 4.90 Å². The number of carbonyl (C=O) groups excluding carboxylic acids is 3. The summed E-state index contributed by atoms with van der Waals surface area (Å²) in [5, 5.41) is 2.86. The molecule has 0 aromatic heterocycles. The highest BCUT2D eigenvalue weighted by Gasteiger charge is 2.33. The zero-order valence-corrected chi connectivity index (χ0v) is 15.3. The van der Waals surface area contributed by atoms with E-state index in [1.54, 1.807) is 25.1 Å². The normalized spacial score (nSPS) is 17.5. The van der Waals surface area contributed by atoms with Gasteiger partial charge in [0.2, 0.25) is 5.91 Å². The van der Waals surface area contributed by atoms with E-state index in [0.29, 0.717) is 23.4 Å². The van der Waals surface area contributed by atoms with Gasteiger partial charge < -0.3 is 10.1 Å². The molecule has 0 saturated carbocycles. The van der Waals surface area contributed by atoms with Crippen LogP contribution < -0.4 is 15.0 Å². The average Bonchev–Trinajstić information content (AvgIpc) is 2.58. The van der Waals surface area contributed by atoms with E-state index in [2.05, 4.69) is 5.32 Å². The largest absolute Gasteiger partial charge is 0.479 e. The van der Waals surface area contributed by atoms with Crippen molar-refractivity contribution in [1.82, 2.24) is 5.32 Å². The van der Waals surface area contributed by atoms with Crippen molar-refractivity contribution in [3.05, 3.63) is 23.8 Å². The van der Waals surface area contributed by atoms with Crippen molar-refractivity contribution in [3.8, 4) is 5.75 Å². The Labute approximate surface area is 148 Å². The van der Waals surface area contributed by atoms with Gasteiger partial charge in [-0.2, -0.15) is 0 Å². The van der Waals surface area contributed by atoms with E-state index in [1.807, 2.05) is 20.8 Å². The molecular formula is C19H26N2O4. The third-order valence-corrected chi connectivity index (χ3v) is 4.29. The maximum absolute atomic E-state index is 12.5. The number of amides is 2. The molecular weight excluding hydrogens is 320 g/mol. The molecule has 136 valence electrons. The van der Waals surface area contributed by atoms with Crippen molar-refractivity contribution >= 4 is 23.3 Å². The van der Waals surface area contributed by atoms with Crippen molar-refractivity contribution in [2.75, 3.05) is 11.4 Å². The fraction of sp³-hybridized carbons (Fsp3) is 0.526. The van der Waals surface area contributed by atoms with Crippen molar-refractivity contribution in [2.45, 2.75) is 59.1 Å². The van der Waals surface area contributed by atoms with Gasteiger partial charge in [-0.3, -0.25) is 19.3 Å². The zero-order chi connectivity index (χ0) is 18.6. The van der Waals surface area contributed by atoms with E-state index in [-0.39, 0.29) is 30.2 Å². The summed E-state index contributed by atoms with van der Waals surface area (Å²) in [6.07, 6.45) is 1.34. The molecule has 1 N–H and O–H groups in total. The van der Waals surface area contributed by atoms with Gasteiger partial charge in [-0.05, 0) is 44.9 Å². The summed E-state index contributed by atoms with van der Waals surface area (Å²) in [7, 11) is 0. The summed E-state index contributed by atoms with van der Waals surface area (Å²) in [4.78, 5) is 38.3. The molecule has 25 heavy (non-hydrogen) atoms. The average molecular weight is 346 g/mol. The molecule has 1 aliphatic heterocycles. The van der Waals surface area contributed by atoms with Crippen LogP contribution >= 0.6 is 0 Å². The maximum atomic E-state index is 12.5. The summed E-state index contributed by atoms with van der Waals surface area (Å²) in [5.74, 6) is 0.0109. The molecule has 1 heterocycles. The summed E-state index contributed by atoms with van der Waals surface area (Å²) >= 11 is 0. The van der Waals surface area contributed by atoms with Crippen molar-refractivity contribution in [1.29, 1.82) is 0 Å². The minimum absolute atomic E-state index is 0.0142. The van der Waals surface area contributed by atoms with E-state index < -0.39 is 6.10 Å². The van der Waals surface area contributed by atoms with Crippen molar-refractivity contribution in [2.24, 2.45) is 0 Å². The Hall–Kier alpha value is -2.37. The van der Waals surface area contributed by atoms with Crippen LogP contribution in [0.4, 0.5) is 5.69 Å². The minimum Gasteiger partial charge on any atom is -0.479 e. The van der Waals surface area contributed by atoms with Crippen LogP contribution in [0.3, 0.4) is 0 Å². The first-order valence-electron chi connectivity index (χ1n) is 8.82. The number of hydrogen-bond acceptors (Lipinski definition) is 4. The fourth-order valence-electron chi connectivity index (χ4n) is 2.68. The third kappa shape index (κ3) is 4.38. The Balaban J connectivity index is 2.30. The first-order valence-corrected chi connectivity index (χ1v) is 8.82. The second-order valence-electron chi connectivity index (χ2n) is 6.42. The summed E-state index contributed by atoms with van der Waals surface area (Å²) in [6.45, 7) is 7.40. The molecule has 6 heteroatoms.